The summed E-state index contributed by atoms with van der Waals surface area (Å²) in [6.07, 6.45) is 1.10. The van der Waals surface area contributed by atoms with Crippen LogP contribution in [-0.4, -0.2) is 46.8 Å². The minimum absolute atomic E-state index is 0.224. The molecular weight excluding hydrogens is 585 g/mol. The topological polar surface area (TPSA) is 115 Å². The number of hydrogen-bond donors (Lipinski definition) is 1. The van der Waals surface area contributed by atoms with Crippen LogP contribution < -0.4 is 14.4 Å². The Kier molecular flexibility index (Phi) is 7.13. The van der Waals surface area contributed by atoms with Gasteiger partial charge in [0, 0.05) is 36.7 Å². The summed E-state index contributed by atoms with van der Waals surface area (Å²) in [6.45, 7) is 1.96. The van der Waals surface area contributed by atoms with E-state index in [1.807, 2.05) is 25.1 Å². The molecule has 0 saturated heterocycles. The molecule has 9 nitrogen and oxygen atoms in total. The summed E-state index contributed by atoms with van der Waals surface area (Å²) in [7, 11) is 0.764. The molecule has 44 heavy (non-hydrogen) atoms. The molecule has 1 amide bonds. The van der Waals surface area contributed by atoms with Crippen LogP contribution in [-0.2, 0) is 10.0 Å². The van der Waals surface area contributed by atoms with E-state index in [1.165, 1.54) is 45.5 Å². The first kappa shape index (κ1) is 28.9. The summed E-state index contributed by atoms with van der Waals surface area (Å²) >= 11 is 0. The molecule has 0 atom stereocenters. The molecule has 0 spiro atoms. The molecule has 0 unspecified atom stereocenters. The van der Waals surface area contributed by atoms with Gasteiger partial charge in [-0.1, -0.05) is 12.1 Å². The van der Waals surface area contributed by atoms with Crippen LogP contribution in [0, 0.1) is 12.7 Å². The van der Waals surface area contributed by atoms with Gasteiger partial charge in [-0.2, -0.15) is 0 Å². The van der Waals surface area contributed by atoms with Gasteiger partial charge in [-0.05, 0) is 72.6 Å². The Balaban J connectivity index is 1.63. The minimum atomic E-state index is -3.72. The van der Waals surface area contributed by atoms with E-state index in [-0.39, 0.29) is 16.9 Å². The number of carbonyl (C=O) groups is 1. The van der Waals surface area contributed by atoms with Gasteiger partial charge in [-0.25, -0.2) is 17.8 Å². The highest BCUT2D eigenvalue weighted by atomic mass is 32.2. The van der Waals surface area contributed by atoms with Crippen LogP contribution in [0.5, 0.6) is 5.75 Å². The molecule has 224 valence electrons. The average molecular weight is 614 g/mol. The number of fused-ring (bicyclic) bond motifs is 2. The van der Waals surface area contributed by atoms with Crippen LogP contribution in [0.3, 0.4) is 0 Å². The number of aromatic nitrogens is 1. The molecule has 6 aromatic rings. The standard InChI is InChI=1S/C33H28FN3O6S/c1-18-6-12-25-29(14-18)43-33(36-25)24-15-20(9-13-27(24)41-4)22-16-23-28(17-26(22)37(3)44(5,39)40)42-31(30(23)32(38)35-2)19-7-10-21(34)11-8-19/h6-17H,1-5H3,(H,35,38). The summed E-state index contributed by atoms with van der Waals surface area (Å²) in [5.41, 5.74) is 5.29. The number of anilines is 1. The van der Waals surface area contributed by atoms with Gasteiger partial charge in [0.05, 0.1) is 30.2 Å². The van der Waals surface area contributed by atoms with Gasteiger partial charge in [0.25, 0.3) is 5.91 Å². The van der Waals surface area contributed by atoms with Crippen molar-refractivity contribution in [1.82, 2.24) is 10.3 Å². The largest absolute Gasteiger partial charge is 0.496 e. The van der Waals surface area contributed by atoms with Gasteiger partial charge >= 0.3 is 0 Å². The SMILES string of the molecule is CNC(=O)c1c(-c2ccc(F)cc2)oc2cc(N(C)S(C)(=O)=O)c(-c3ccc(OC)c(-c4nc5ccc(C)cc5o4)c3)cc12. The van der Waals surface area contributed by atoms with Crippen LogP contribution in [0.4, 0.5) is 10.1 Å². The molecule has 0 bridgehead atoms. The molecule has 0 radical (unpaired) electrons. The summed E-state index contributed by atoms with van der Waals surface area (Å²) in [6, 6.07) is 19.9. The smallest absolute Gasteiger partial charge is 0.255 e. The Morgan fingerprint density at radius 2 is 1.66 bits per heavy atom. The number of halogens is 1. The third-order valence-electron chi connectivity index (χ3n) is 7.49. The molecule has 11 heteroatoms. The van der Waals surface area contributed by atoms with Crippen molar-refractivity contribution >= 4 is 43.7 Å². The lowest BCUT2D eigenvalue weighted by Crippen LogP contribution is -2.25. The number of benzene rings is 4. The normalized spacial score (nSPS) is 11.7. The Labute approximate surface area is 252 Å². The lowest BCUT2D eigenvalue weighted by atomic mass is 9.97. The van der Waals surface area contributed by atoms with Crippen molar-refractivity contribution in [2.75, 3.05) is 31.8 Å². The number of hydrogen-bond acceptors (Lipinski definition) is 7. The van der Waals surface area contributed by atoms with E-state index in [9.17, 15) is 17.6 Å². The summed E-state index contributed by atoms with van der Waals surface area (Å²) in [5, 5.41) is 3.09. The van der Waals surface area contributed by atoms with Crippen molar-refractivity contribution in [3.63, 3.8) is 0 Å². The fraction of sp³-hybridized carbons (Fsp3) is 0.152. The van der Waals surface area contributed by atoms with E-state index in [0.717, 1.165) is 16.1 Å². The number of aryl methyl sites for hydroxylation is 1. The van der Waals surface area contributed by atoms with E-state index in [1.54, 1.807) is 30.3 Å². The molecule has 0 fully saturated rings. The zero-order valence-corrected chi connectivity index (χ0v) is 25.4. The van der Waals surface area contributed by atoms with Crippen molar-refractivity contribution in [3.05, 3.63) is 89.7 Å². The fourth-order valence-corrected chi connectivity index (χ4v) is 5.66. The number of methoxy groups -OCH3 is 1. The maximum absolute atomic E-state index is 13.7. The first-order valence-corrected chi connectivity index (χ1v) is 15.4. The van der Waals surface area contributed by atoms with Crippen molar-refractivity contribution in [2.45, 2.75) is 6.92 Å². The Morgan fingerprint density at radius 1 is 0.932 bits per heavy atom. The highest BCUT2D eigenvalue weighted by Gasteiger charge is 2.26. The number of sulfonamides is 1. The van der Waals surface area contributed by atoms with E-state index < -0.39 is 21.7 Å². The molecular formula is C33H28FN3O6S. The van der Waals surface area contributed by atoms with Crippen LogP contribution in [0.1, 0.15) is 15.9 Å². The second-order valence-electron chi connectivity index (χ2n) is 10.4. The van der Waals surface area contributed by atoms with Crippen molar-refractivity contribution in [3.8, 4) is 39.7 Å². The van der Waals surface area contributed by atoms with Crippen molar-refractivity contribution in [1.29, 1.82) is 0 Å². The Morgan fingerprint density at radius 3 is 2.34 bits per heavy atom. The van der Waals surface area contributed by atoms with Crippen molar-refractivity contribution in [2.24, 2.45) is 0 Å². The molecule has 0 saturated carbocycles. The zero-order chi connectivity index (χ0) is 31.3. The van der Waals surface area contributed by atoms with Gasteiger partial charge in [-0.15, -0.1) is 0 Å². The van der Waals surface area contributed by atoms with Crippen LogP contribution >= 0.6 is 0 Å². The first-order valence-electron chi connectivity index (χ1n) is 13.6. The van der Waals surface area contributed by atoms with Gasteiger partial charge in [0.2, 0.25) is 15.9 Å². The van der Waals surface area contributed by atoms with E-state index >= 15 is 0 Å². The second kappa shape index (κ2) is 10.8. The fourth-order valence-electron chi connectivity index (χ4n) is 5.15. The second-order valence-corrected chi connectivity index (χ2v) is 12.4. The molecule has 1 N–H and O–H groups in total. The highest BCUT2D eigenvalue weighted by molar-refractivity contribution is 7.92. The van der Waals surface area contributed by atoms with E-state index in [0.29, 0.717) is 56.1 Å². The van der Waals surface area contributed by atoms with Gasteiger partial charge in [0.15, 0.2) is 5.58 Å². The number of ether oxygens (including phenoxy) is 1. The van der Waals surface area contributed by atoms with E-state index in [2.05, 4.69) is 10.3 Å². The van der Waals surface area contributed by atoms with Crippen LogP contribution in [0.2, 0.25) is 0 Å². The van der Waals surface area contributed by atoms with Gasteiger partial charge in [0.1, 0.15) is 28.4 Å². The molecule has 2 heterocycles. The number of rotatable bonds is 7. The molecule has 0 aliphatic heterocycles. The summed E-state index contributed by atoms with van der Waals surface area (Å²) in [4.78, 5) is 17.9. The average Bonchev–Trinajstić information content (AvgIpc) is 3.60. The minimum Gasteiger partial charge on any atom is -0.496 e. The summed E-state index contributed by atoms with van der Waals surface area (Å²) < 4.78 is 58.4. The molecule has 4 aromatic carbocycles. The Hall–Kier alpha value is -5.16. The van der Waals surface area contributed by atoms with Gasteiger partial charge < -0.3 is 18.9 Å². The van der Waals surface area contributed by atoms with Crippen LogP contribution in [0.25, 0.3) is 56.0 Å². The zero-order valence-electron chi connectivity index (χ0n) is 24.6. The van der Waals surface area contributed by atoms with E-state index in [4.69, 9.17) is 13.6 Å². The molecule has 6 rings (SSSR count). The number of amides is 1. The monoisotopic (exact) mass is 613 g/mol. The highest BCUT2D eigenvalue weighted by Crippen LogP contribution is 2.43. The molecule has 0 aliphatic rings. The predicted molar refractivity (Wildman–Crippen MR) is 168 cm³/mol. The number of nitrogens with zero attached hydrogens (tertiary/aromatic N) is 2. The third-order valence-corrected chi connectivity index (χ3v) is 8.68. The lowest BCUT2D eigenvalue weighted by molar-refractivity contribution is 0.0964. The maximum atomic E-state index is 13.7. The number of oxazole rings is 1. The summed E-state index contributed by atoms with van der Waals surface area (Å²) in [5.74, 6) is 0.201. The molecule has 2 aromatic heterocycles. The third kappa shape index (κ3) is 5.05. The Bertz CT molecular complexity index is 2190. The predicted octanol–water partition coefficient (Wildman–Crippen LogP) is 6.79. The van der Waals surface area contributed by atoms with Crippen molar-refractivity contribution < 1.29 is 31.2 Å². The van der Waals surface area contributed by atoms with Crippen LogP contribution in [0.15, 0.2) is 81.6 Å². The first-order chi connectivity index (χ1) is 21.0. The lowest BCUT2D eigenvalue weighted by Gasteiger charge is -2.21. The number of furan rings is 1. The maximum Gasteiger partial charge on any atom is 0.255 e. The van der Waals surface area contributed by atoms with Gasteiger partial charge in [-0.3, -0.25) is 9.10 Å². The quantitative estimate of drug-likeness (QED) is 0.211. The number of nitrogens with one attached hydrogen (secondary N) is 1. The number of carbonyl (C=O) groups excluding carboxylic acids is 1. The molecule has 0 aliphatic carbocycles.